The topological polar surface area (TPSA) is 110 Å². The van der Waals surface area contributed by atoms with E-state index in [-0.39, 0.29) is 17.0 Å². The molecule has 2 aromatic heterocycles. The van der Waals surface area contributed by atoms with Gasteiger partial charge in [-0.25, -0.2) is 13.8 Å². The molecule has 4 rings (SSSR count). The van der Waals surface area contributed by atoms with Gasteiger partial charge in [0.05, 0.1) is 30.2 Å². The van der Waals surface area contributed by atoms with Crippen molar-refractivity contribution in [2.45, 2.75) is 37.7 Å². The van der Waals surface area contributed by atoms with Gasteiger partial charge in [-0.1, -0.05) is 12.1 Å². The average Bonchev–Trinajstić information content (AvgIpc) is 2.78. The maximum atomic E-state index is 14.5. The smallest absolute Gasteiger partial charge is 0.274 e. The normalized spacial score (nSPS) is 22.7. The van der Waals surface area contributed by atoms with Crippen LogP contribution in [-0.4, -0.2) is 39.2 Å². The minimum atomic E-state index is -0.789. The van der Waals surface area contributed by atoms with Crippen LogP contribution in [0.25, 0.3) is 11.3 Å². The lowest BCUT2D eigenvalue weighted by Gasteiger charge is -2.37. The molecule has 0 radical (unpaired) electrons. The van der Waals surface area contributed by atoms with Crippen molar-refractivity contribution in [2.75, 3.05) is 5.32 Å². The first-order valence-corrected chi connectivity index (χ1v) is 10.9. The average molecular weight is 472 g/mol. The summed E-state index contributed by atoms with van der Waals surface area (Å²) in [6.07, 6.45) is 1.62. The molecule has 1 unspecified atom stereocenters. The number of nitrogens with zero attached hydrogens (tertiary/aromatic N) is 2. The number of aromatic nitrogens is 2. The Morgan fingerprint density at radius 1 is 1.24 bits per heavy atom. The molecule has 0 spiro atoms. The lowest BCUT2D eigenvalue weighted by Crippen LogP contribution is -2.48. The summed E-state index contributed by atoms with van der Waals surface area (Å²) in [5.74, 6) is -2.03. The first-order chi connectivity index (χ1) is 15.8. The van der Waals surface area contributed by atoms with Gasteiger partial charge in [0.15, 0.2) is 0 Å². The third kappa shape index (κ3) is 4.77. The SMILES string of the molecule is C[C@@H]1O[C@H](c2ccncc2NC(=O)c2ccc(F)c(-c3c(F)cccc3P)n2)C[C@H](N)[C@H]1O. The van der Waals surface area contributed by atoms with Gasteiger partial charge in [0.1, 0.15) is 23.0 Å². The largest absolute Gasteiger partial charge is 0.389 e. The summed E-state index contributed by atoms with van der Waals surface area (Å²) >= 11 is 0. The number of hydrogen-bond donors (Lipinski definition) is 3. The van der Waals surface area contributed by atoms with Crippen molar-refractivity contribution in [3.63, 3.8) is 0 Å². The van der Waals surface area contributed by atoms with Gasteiger partial charge in [-0.15, -0.1) is 9.24 Å². The summed E-state index contributed by atoms with van der Waals surface area (Å²) < 4.78 is 34.7. The molecule has 3 heterocycles. The number of carbonyl (C=O) groups excluding carboxylic acids is 1. The molecule has 0 bridgehead atoms. The zero-order valence-electron chi connectivity index (χ0n) is 17.7. The van der Waals surface area contributed by atoms with E-state index in [2.05, 4.69) is 24.5 Å². The van der Waals surface area contributed by atoms with Crippen molar-refractivity contribution in [3.8, 4) is 11.3 Å². The molecule has 4 N–H and O–H groups in total. The standard InChI is InChI=1S/C23H23F2N4O3P/c1-11-22(30)15(26)9-18(32-11)12-7-8-27-10-17(12)29-23(31)16-6-5-14(25)21(28-16)20-13(24)3-2-4-19(20)33/h2-8,10-11,15,18,22,30H,9,26,33H2,1H3,(H,29,31)/t11-,15-,18-,22-/m0/s1. The number of amides is 1. The monoisotopic (exact) mass is 472 g/mol. The van der Waals surface area contributed by atoms with Crippen LogP contribution in [0, 0.1) is 11.6 Å². The van der Waals surface area contributed by atoms with Crippen LogP contribution in [0.4, 0.5) is 14.5 Å². The van der Waals surface area contributed by atoms with Gasteiger partial charge < -0.3 is 20.9 Å². The van der Waals surface area contributed by atoms with E-state index in [9.17, 15) is 18.7 Å². The highest BCUT2D eigenvalue weighted by Crippen LogP contribution is 2.34. The maximum absolute atomic E-state index is 14.5. The number of nitrogens with one attached hydrogen (secondary N) is 1. The zero-order chi connectivity index (χ0) is 23.7. The van der Waals surface area contributed by atoms with Crippen LogP contribution in [0.15, 0.2) is 48.8 Å². The molecule has 172 valence electrons. The van der Waals surface area contributed by atoms with Gasteiger partial charge in [-0.2, -0.15) is 0 Å². The van der Waals surface area contributed by atoms with Gasteiger partial charge in [0, 0.05) is 23.4 Å². The molecule has 33 heavy (non-hydrogen) atoms. The maximum Gasteiger partial charge on any atom is 0.274 e. The molecule has 10 heteroatoms. The number of halogens is 2. The number of aliphatic hydroxyl groups excluding tert-OH is 1. The molecule has 5 atom stereocenters. The Hall–Kier alpha value is -2.84. The molecule has 1 amide bonds. The van der Waals surface area contributed by atoms with Crippen LogP contribution in [0.5, 0.6) is 0 Å². The molecule has 1 fully saturated rings. The van der Waals surface area contributed by atoms with Crippen LogP contribution in [0.1, 0.15) is 35.5 Å². The van der Waals surface area contributed by atoms with E-state index >= 15 is 0 Å². The van der Waals surface area contributed by atoms with Gasteiger partial charge in [-0.3, -0.25) is 9.78 Å². The lowest BCUT2D eigenvalue weighted by atomic mass is 9.93. The molecular weight excluding hydrogens is 449 g/mol. The number of hydrogen-bond acceptors (Lipinski definition) is 6. The predicted octanol–water partition coefficient (Wildman–Crippen LogP) is 2.71. The minimum absolute atomic E-state index is 0.0335. The van der Waals surface area contributed by atoms with Crippen LogP contribution < -0.4 is 16.4 Å². The minimum Gasteiger partial charge on any atom is -0.389 e. The van der Waals surface area contributed by atoms with E-state index < -0.39 is 41.9 Å². The second-order valence-corrected chi connectivity index (χ2v) is 8.49. The summed E-state index contributed by atoms with van der Waals surface area (Å²) in [5, 5.41) is 13.2. The van der Waals surface area contributed by atoms with Gasteiger partial charge >= 0.3 is 0 Å². The summed E-state index contributed by atoms with van der Waals surface area (Å²) in [6.45, 7) is 1.73. The Bertz CT molecular complexity index is 1160. The predicted molar refractivity (Wildman–Crippen MR) is 123 cm³/mol. The van der Waals surface area contributed by atoms with E-state index in [1.165, 1.54) is 24.4 Å². The fraction of sp³-hybridized carbons (Fsp3) is 0.261. The third-order valence-electron chi connectivity index (χ3n) is 5.60. The van der Waals surface area contributed by atoms with Crippen molar-refractivity contribution in [1.82, 2.24) is 9.97 Å². The van der Waals surface area contributed by atoms with E-state index in [0.717, 1.165) is 6.07 Å². The van der Waals surface area contributed by atoms with Crippen LogP contribution >= 0.6 is 9.24 Å². The second-order valence-electron chi connectivity index (χ2n) is 7.87. The van der Waals surface area contributed by atoms with Crippen molar-refractivity contribution in [1.29, 1.82) is 0 Å². The van der Waals surface area contributed by atoms with Crippen LogP contribution in [-0.2, 0) is 4.74 Å². The Balaban J connectivity index is 1.63. The third-order valence-corrected chi connectivity index (χ3v) is 6.08. The van der Waals surface area contributed by atoms with Crippen LogP contribution in [0.2, 0.25) is 0 Å². The highest BCUT2D eigenvalue weighted by molar-refractivity contribution is 7.28. The van der Waals surface area contributed by atoms with E-state index in [1.807, 2.05) is 0 Å². The number of carbonyl (C=O) groups is 1. The van der Waals surface area contributed by atoms with E-state index in [0.29, 0.717) is 23.0 Å². The molecule has 1 aliphatic rings. The Morgan fingerprint density at radius 3 is 2.76 bits per heavy atom. The summed E-state index contributed by atoms with van der Waals surface area (Å²) in [5.41, 5.74) is 6.65. The first-order valence-electron chi connectivity index (χ1n) is 10.3. The Morgan fingerprint density at radius 2 is 2.03 bits per heavy atom. The van der Waals surface area contributed by atoms with E-state index in [4.69, 9.17) is 10.5 Å². The zero-order valence-corrected chi connectivity index (χ0v) is 18.9. The molecule has 3 aromatic rings. The number of ether oxygens (including phenoxy) is 1. The summed E-state index contributed by atoms with van der Waals surface area (Å²) in [4.78, 5) is 21.1. The van der Waals surface area contributed by atoms with Gasteiger partial charge in [0.2, 0.25) is 0 Å². The lowest BCUT2D eigenvalue weighted by molar-refractivity contribution is -0.119. The van der Waals surface area contributed by atoms with Crippen molar-refractivity contribution >= 4 is 26.1 Å². The van der Waals surface area contributed by atoms with Crippen molar-refractivity contribution < 1.29 is 23.4 Å². The molecular formula is C23H23F2N4O3P. The number of anilines is 1. The number of pyridine rings is 2. The van der Waals surface area contributed by atoms with Gasteiger partial charge in [0.25, 0.3) is 5.91 Å². The first kappa shape index (κ1) is 23.3. The molecule has 1 aliphatic heterocycles. The Labute approximate surface area is 191 Å². The fourth-order valence-electron chi connectivity index (χ4n) is 3.84. The molecule has 1 saturated heterocycles. The van der Waals surface area contributed by atoms with Crippen molar-refractivity contribution in [2.24, 2.45) is 5.73 Å². The molecule has 0 aliphatic carbocycles. The van der Waals surface area contributed by atoms with Gasteiger partial charge in [-0.05, 0) is 42.9 Å². The number of benzene rings is 1. The summed E-state index contributed by atoms with van der Waals surface area (Å²) in [7, 11) is 2.33. The second kappa shape index (κ2) is 9.57. The molecule has 0 saturated carbocycles. The molecule has 1 aromatic carbocycles. The quantitative estimate of drug-likeness (QED) is 0.504. The fourth-order valence-corrected chi connectivity index (χ4v) is 4.23. The number of aliphatic hydroxyl groups is 1. The number of nitrogens with two attached hydrogens (primary N) is 1. The highest BCUT2D eigenvalue weighted by Gasteiger charge is 2.34. The number of rotatable bonds is 4. The Kier molecular flexibility index (Phi) is 6.76. The van der Waals surface area contributed by atoms with Crippen LogP contribution in [0.3, 0.4) is 0 Å². The van der Waals surface area contributed by atoms with Crippen molar-refractivity contribution in [3.05, 3.63) is 71.7 Å². The van der Waals surface area contributed by atoms with E-state index in [1.54, 1.807) is 25.3 Å². The highest BCUT2D eigenvalue weighted by atomic mass is 31.0. The molecule has 7 nitrogen and oxygen atoms in total. The summed E-state index contributed by atoms with van der Waals surface area (Å²) in [6, 6.07) is 7.80.